The lowest BCUT2D eigenvalue weighted by molar-refractivity contribution is 0.268. The van der Waals surface area contributed by atoms with Gasteiger partial charge in [0.2, 0.25) is 10.0 Å². The highest BCUT2D eigenvalue weighted by molar-refractivity contribution is 7.89. The summed E-state index contributed by atoms with van der Waals surface area (Å²) in [7, 11) is -1.85. The summed E-state index contributed by atoms with van der Waals surface area (Å²) in [6.45, 7) is 3.78. The summed E-state index contributed by atoms with van der Waals surface area (Å²) in [5.41, 5.74) is 1.22. The van der Waals surface area contributed by atoms with Crippen molar-refractivity contribution in [3.8, 4) is 0 Å². The van der Waals surface area contributed by atoms with E-state index < -0.39 is 10.0 Å². The number of aliphatic hydroxyl groups is 1. The molecule has 0 radical (unpaired) electrons. The zero-order valence-electron chi connectivity index (χ0n) is 12.3. The van der Waals surface area contributed by atoms with E-state index in [-0.39, 0.29) is 24.1 Å². The van der Waals surface area contributed by atoms with Crippen LogP contribution in [0.5, 0.6) is 0 Å². The maximum atomic E-state index is 12.3. The lowest BCUT2D eigenvalue weighted by atomic mass is 10.3. The molecule has 8 heteroatoms. The predicted octanol–water partition coefficient (Wildman–Crippen LogP) is 0.773. The summed E-state index contributed by atoms with van der Waals surface area (Å²) in [6.07, 6.45) is 3.29. The van der Waals surface area contributed by atoms with Crippen molar-refractivity contribution in [3.05, 3.63) is 35.9 Å². The first-order chi connectivity index (χ1) is 9.83. The lowest BCUT2D eigenvalue weighted by Crippen LogP contribution is -2.23. The van der Waals surface area contributed by atoms with Gasteiger partial charge in [0.1, 0.15) is 0 Å². The molecule has 0 saturated heterocycles. The molecule has 2 rings (SSSR count). The molecule has 21 heavy (non-hydrogen) atoms. The van der Waals surface area contributed by atoms with E-state index in [1.54, 1.807) is 28.6 Å². The highest BCUT2D eigenvalue weighted by atomic mass is 32.2. The van der Waals surface area contributed by atoms with E-state index in [0.29, 0.717) is 11.4 Å². The predicted molar refractivity (Wildman–Crippen MR) is 78.0 cm³/mol. The number of rotatable bonds is 6. The molecule has 0 aliphatic heterocycles. The van der Waals surface area contributed by atoms with Crippen molar-refractivity contribution in [3.63, 3.8) is 0 Å². The highest BCUT2D eigenvalue weighted by Crippen LogP contribution is 2.19. The molecule has 0 aromatic carbocycles. The Morgan fingerprint density at radius 1 is 1.43 bits per heavy atom. The van der Waals surface area contributed by atoms with Crippen LogP contribution in [0.4, 0.5) is 0 Å². The fourth-order valence-corrected chi connectivity index (χ4v) is 3.11. The second kappa shape index (κ2) is 6.00. The third kappa shape index (κ3) is 3.52. The van der Waals surface area contributed by atoms with Crippen LogP contribution in [0.15, 0.2) is 29.4 Å². The van der Waals surface area contributed by atoms with Crippen LogP contribution in [0.25, 0.3) is 0 Å². The number of sulfonamides is 1. The van der Waals surface area contributed by atoms with Crippen LogP contribution in [0.1, 0.15) is 31.3 Å². The second-order valence-corrected chi connectivity index (χ2v) is 6.90. The molecule has 7 nitrogen and oxygen atoms in total. The summed E-state index contributed by atoms with van der Waals surface area (Å²) in [4.78, 5) is 0.149. The fraction of sp³-hybridized carbons (Fsp3) is 0.462. The van der Waals surface area contributed by atoms with E-state index in [4.69, 9.17) is 0 Å². The molecule has 0 aliphatic carbocycles. The minimum absolute atomic E-state index is 0.0758. The zero-order chi connectivity index (χ0) is 15.6. The third-order valence-corrected chi connectivity index (χ3v) is 4.52. The minimum atomic E-state index is -3.63. The van der Waals surface area contributed by atoms with E-state index >= 15 is 0 Å². The van der Waals surface area contributed by atoms with E-state index in [1.165, 1.54) is 12.3 Å². The first kappa shape index (κ1) is 15.7. The highest BCUT2D eigenvalue weighted by Gasteiger charge is 2.19. The number of nitrogens with zero attached hydrogens (tertiary/aromatic N) is 3. The topological polar surface area (TPSA) is 89.2 Å². The Kier molecular flexibility index (Phi) is 4.50. The van der Waals surface area contributed by atoms with Gasteiger partial charge in [-0.2, -0.15) is 5.10 Å². The molecule has 2 aromatic rings. The van der Waals surface area contributed by atoms with Crippen molar-refractivity contribution in [2.45, 2.75) is 37.9 Å². The minimum Gasteiger partial charge on any atom is -0.390 e. The molecule has 0 spiro atoms. The summed E-state index contributed by atoms with van der Waals surface area (Å²) < 4.78 is 30.4. The first-order valence-corrected chi connectivity index (χ1v) is 8.11. The zero-order valence-corrected chi connectivity index (χ0v) is 13.1. The van der Waals surface area contributed by atoms with Gasteiger partial charge in [-0.1, -0.05) is 0 Å². The van der Waals surface area contributed by atoms with Crippen molar-refractivity contribution in [1.29, 1.82) is 0 Å². The van der Waals surface area contributed by atoms with Crippen molar-refractivity contribution in [2.75, 3.05) is 0 Å². The molecule has 2 aromatic heterocycles. The maximum absolute atomic E-state index is 12.3. The number of aryl methyl sites for hydroxylation is 1. The smallest absolute Gasteiger partial charge is 0.242 e. The monoisotopic (exact) mass is 312 g/mol. The molecule has 0 aliphatic rings. The molecular formula is C13H20N4O3S. The number of nitrogens with one attached hydrogen (secondary N) is 1. The molecular weight excluding hydrogens is 292 g/mol. The molecule has 116 valence electrons. The Hall–Kier alpha value is -1.64. The van der Waals surface area contributed by atoms with Gasteiger partial charge in [0, 0.05) is 31.2 Å². The number of hydrogen-bond acceptors (Lipinski definition) is 4. The van der Waals surface area contributed by atoms with E-state index in [1.807, 2.05) is 13.8 Å². The van der Waals surface area contributed by atoms with Crippen LogP contribution in [-0.2, 0) is 30.2 Å². The molecule has 0 bridgehead atoms. The summed E-state index contributed by atoms with van der Waals surface area (Å²) in [5.74, 6) is 0. The molecule has 0 saturated carbocycles. The summed E-state index contributed by atoms with van der Waals surface area (Å²) in [6, 6.07) is 3.31. The van der Waals surface area contributed by atoms with Gasteiger partial charge in [-0.3, -0.25) is 4.68 Å². The van der Waals surface area contributed by atoms with Crippen LogP contribution in [-0.4, -0.2) is 27.9 Å². The molecule has 0 fully saturated rings. The summed E-state index contributed by atoms with van der Waals surface area (Å²) in [5, 5.41) is 13.4. The maximum Gasteiger partial charge on any atom is 0.242 e. The Morgan fingerprint density at radius 2 is 2.14 bits per heavy atom. The van der Waals surface area contributed by atoms with E-state index in [9.17, 15) is 13.5 Å². The van der Waals surface area contributed by atoms with Gasteiger partial charge in [-0.25, -0.2) is 13.1 Å². The SMILES string of the molecule is CC(C)n1cc(S(=O)(=O)NCc2ccn(C)n2)cc1CO. The molecule has 0 unspecified atom stereocenters. The third-order valence-electron chi connectivity index (χ3n) is 3.15. The molecule has 0 atom stereocenters. The van der Waals surface area contributed by atoms with Crippen molar-refractivity contribution in [1.82, 2.24) is 19.1 Å². The van der Waals surface area contributed by atoms with Gasteiger partial charge in [-0.05, 0) is 26.0 Å². The van der Waals surface area contributed by atoms with Gasteiger partial charge in [0.05, 0.1) is 23.7 Å². The lowest BCUT2D eigenvalue weighted by Gasteiger charge is -2.10. The van der Waals surface area contributed by atoms with E-state index in [2.05, 4.69) is 9.82 Å². The van der Waals surface area contributed by atoms with Crippen LogP contribution >= 0.6 is 0 Å². The number of aliphatic hydroxyl groups excluding tert-OH is 1. The standard InChI is InChI=1S/C13H20N4O3S/c1-10(2)17-8-13(6-12(17)9-18)21(19,20)14-7-11-4-5-16(3)15-11/h4-6,8,10,14,18H,7,9H2,1-3H3. The quantitative estimate of drug-likeness (QED) is 0.824. The van der Waals surface area contributed by atoms with E-state index in [0.717, 1.165) is 0 Å². The van der Waals surface area contributed by atoms with Crippen LogP contribution < -0.4 is 4.72 Å². The summed E-state index contributed by atoms with van der Waals surface area (Å²) >= 11 is 0. The average molecular weight is 312 g/mol. The fourth-order valence-electron chi connectivity index (χ4n) is 2.06. The van der Waals surface area contributed by atoms with Gasteiger partial charge in [0.15, 0.2) is 0 Å². The van der Waals surface area contributed by atoms with Crippen molar-refractivity contribution < 1.29 is 13.5 Å². The van der Waals surface area contributed by atoms with Crippen molar-refractivity contribution in [2.24, 2.45) is 7.05 Å². The molecule has 2 N–H and O–H groups in total. The Labute approximate surface area is 124 Å². The Morgan fingerprint density at radius 3 is 2.62 bits per heavy atom. The molecule has 2 heterocycles. The van der Waals surface area contributed by atoms with Crippen LogP contribution in [0.2, 0.25) is 0 Å². The average Bonchev–Trinajstić information content (AvgIpc) is 3.02. The normalized spacial score (nSPS) is 12.2. The van der Waals surface area contributed by atoms with Gasteiger partial charge in [-0.15, -0.1) is 0 Å². The van der Waals surface area contributed by atoms with Crippen LogP contribution in [0, 0.1) is 0 Å². The molecule has 0 amide bonds. The van der Waals surface area contributed by atoms with Gasteiger partial charge < -0.3 is 9.67 Å². The Bertz CT molecular complexity index is 716. The van der Waals surface area contributed by atoms with Gasteiger partial charge >= 0.3 is 0 Å². The van der Waals surface area contributed by atoms with Crippen molar-refractivity contribution >= 4 is 10.0 Å². The largest absolute Gasteiger partial charge is 0.390 e. The second-order valence-electron chi connectivity index (χ2n) is 5.13. The number of hydrogen-bond donors (Lipinski definition) is 2. The Balaban J connectivity index is 2.19. The van der Waals surface area contributed by atoms with Crippen LogP contribution in [0.3, 0.4) is 0 Å². The van der Waals surface area contributed by atoms with Gasteiger partial charge in [0.25, 0.3) is 0 Å². The number of aromatic nitrogens is 3. The first-order valence-electron chi connectivity index (χ1n) is 6.63.